The highest BCUT2D eigenvalue weighted by Crippen LogP contribution is 2.61. The number of hydrogen-bond donors (Lipinski definition) is 13. The van der Waals surface area contributed by atoms with Gasteiger partial charge in [0, 0.05) is 26.8 Å². The molecule has 0 spiro atoms. The Morgan fingerprint density at radius 2 is 1.18 bits per heavy atom. The van der Waals surface area contributed by atoms with Gasteiger partial charge in [-0.3, -0.25) is 33.0 Å². The van der Waals surface area contributed by atoms with Crippen LogP contribution in [0.15, 0.2) is 0 Å². The number of aliphatic carboxylic acids is 1. The second kappa shape index (κ2) is 38.0. The predicted molar refractivity (Wildman–Crippen MR) is 297 cm³/mol. The first kappa shape index (κ1) is 74.8. The molecule has 2 saturated heterocycles. The van der Waals surface area contributed by atoms with E-state index in [0.29, 0.717) is 37.1 Å². The fraction of sp³-hybridized carbons (Fsp3) is 0.885. The molecule has 5 amide bonds. The van der Waals surface area contributed by atoms with E-state index < -0.39 is 144 Å². The summed E-state index contributed by atoms with van der Waals surface area (Å²) >= 11 is 0. The van der Waals surface area contributed by atoms with Crippen molar-refractivity contribution < 1.29 is 106 Å². The summed E-state index contributed by atoms with van der Waals surface area (Å²) in [5, 5.41) is 64.1. The van der Waals surface area contributed by atoms with Crippen molar-refractivity contribution in [1.82, 2.24) is 26.6 Å². The molecule has 14 N–H and O–H groups in total. The largest absolute Gasteiger partial charge is 0.483 e. The number of aliphatic hydroxyl groups is 4. The van der Waals surface area contributed by atoms with Gasteiger partial charge < -0.3 is 86.6 Å². The molecule has 0 aliphatic carbocycles. The molecule has 478 valence electrons. The number of carboxylic acids is 1. The van der Waals surface area contributed by atoms with Crippen LogP contribution in [0.2, 0.25) is 0 Å². The molecule has 0 aromatic rings. The molecule has 0 aromatic heterocycles. The number of rotatable bonds is 41. The van der Waals surface area contributed by atoms with Crippen molar-refractivity contribution >= 4 is 51.2 Å². The summed E-state index contributed by atoms with van der Waals surface area (Å²) in [7, 11) is -11.2. The van der Waals surface area contributed by atoms with E-state index in [4.69, 9.17) is 33.7 Å². The van der Waals surface area contributed by atoms with Gasteiger partial charge in [-0.1, -0.05) is 92.4 Å². The van der Waals surface area contributed by atoms with Gasteiger partial charge in [-0.25, -0.2) is 13.9 Å². The normalized spacial score (nSPS) is 26.6. The molecule has 0 radical (unpaired) electrons. The standard InChI is InChI=1S/C52H98N6O22P2/c1-30(2)16-12-17-31(3)18-13-19-32(4)20-14-21-33(5)24-27-74-81(70,71)80-82(72,73)79-52-43(57-37(9)62)47(46(40(29-60)77-52)78-51-42(56-36(8)61)45(65)44(64)39(28-59)76-51)75-35(7)49(67)55-34(6)48(66)54-26-15-23-41(63)58-38(50(68)69)22-10-11-25-53/h30-35,38-40,42-47,51-52,59-60,64-65H,10-29,53H2,1-9H3,(H,54,66)(H,55,67)(H,56,61)(H,57,62)(H,58,63)(H,68,69)(H,70,71)(H,72,73)/t31?,32?,33?,34-,35+,38-,39+,40+,42+,43+,44+,45+,46?,47+,51-,52+/m0/s1. The third kappa shape index (κ3) is 28.3. The summed E-state index contributed by atoms with van der Waals surface area (Å²) in [6.07, 6.45) is -5.03. The number of nitrogens with one attached hydrogen (secondary N) is 5. The monoisotopic (exact) mass is 1220 g/mol. The first-order valence-corrected chi connectivity index (χ1v) is 31.7. The third-order valence-corrected chi connectivity index (χ3v) is 16.9. The van der Waals surface area contributed by atoms with Crippen LogP contribution in [0.4, 0.5) is 0 Å². The average molecular weight is 1220 g/mol. The number of amides is 5. The minimum absolute atomic E-state index is 0.0400. The van der Waals surface area contributed by atoms with Gasteiger partial charge in [0.1, 0.15) is 66.9 Å². The average Bonchev–Trinajstić information content (AvgIpc) is 2.81. The van der Waals surface area contributed by atoms with E-state index in [2.05, 4.69) is 58.6 Å². The second-order valence-corrected chi connectivity index (χ2v) is 25.3. The fourth-order valence-corrected chi connectivity index (χ4v) is 11.7. The van der Waals surface area contributed by atoms with E-state index in [1.807, 2.05) is 6.92 Å². The van der Waals surface area contributed by atoms with Gasteiger partial charge in [-0.2, -0.15) is 4.31 Å². The van der Waals surface area contributed by atoms with Gasteiger partial charge in [0.05, 0.1) is 19.8 Å². The lowest BCUT2D eigenvalue weighted by molar-refractivity contribution is -0.331. The van der Waals surface area contributed by atoms with E-state index in [-0.39, 0.29) is 44.8 Å². The van der Waals surface area contributed by atoms with Gasteiger partial charge in [0.15, 0.2) is 12.6 Å². The molecule has 30 heteroatoms. The molecule has 18 atom stereocenters. The maximum atomic E-state index is 13.8. The number of nitrogens with two attached hydrogens (primary N) is 1. The third-order valence-electron chi connectivity index (χ3n) is 14.3. The van der Waals surface area contributed by atoms with Crippen LogP contribution >= 0.6 is 15.6 Å². The minimum Gasteiger partial charge on any atom is -0.480 e. The van der Waals surface area contributed by atoms with Crippen molar-refractivity contribution in [3.63, 3.8) is 0 Å². The van der Waals surface area contributed by atoms with Gasteiger partial charge in [0.25, 0.3) is 0 Å². The number of phosphoric ester groups is 2. The molecule has 82 heavy (non-hydrogen) atoms. The van der Waals surface area contributed by atoms with Crippen molar-refractivity contribution in [3.8, 4) is 0 Å². The Kier molecular flexibility index (Phi) is 34.7. The predicted octanol–water partition coefficient (Wildman–Crippen LogP) is 2.13. The molecule has 0 saturated carbocycles. The topological polar surface area (TPSA) is 429 Å². The van der Waals surface area contributed by atoms with Crippen molar-refractivity contribution in [1.29, 1.82) is 0 Å². The zero-order chi connectivity index (χ0) is 61.9. The van der Waals surface area contributed by atoms with E-state index in [9.17, 15) is 73.2 Å². The highest BCUT2D eigenvalue weighted by atomic mass is 31.3. The lowest BCUT2D eigenvalue weighted by Gasteiger charge is -2.49. The van der Waals surface area contributed by atoms with E-state index >= 15 is 0 Å². The van der Waals surface area contributed by atoms with E-state index in [1.165, 1.54) is 46.0 Å². The summed E-state index contributed by atoms with van der Waals surface area (Å²) in [6, 6.07) is -5.90. The molecule has 0 bridgehead atoms. The van der Waals surface area contributed by atoms with Crippen molar-refractivity contribution in [2.75, 3.05) is 32.9 Å². The lowest BCUT2D eigenvalue weighted by Crippen LogP contribution is -2.70. The first-order valence-electron chi connectivity index (χ1n) is 28.7. The molecule has 6 unspecified atom stereocenters. The van der Waals surface area contributed by atoms with Crippen LogP contribution in [0.5, 0.6) is 0 Å². The molecule has 28 nitrogen and oxygen atoms in total. The summed E-state index contributed by atoms with van der Waals surface area (Å²) < 4.78 is 65.7. The number of unbranched alkanes of at least 4 members (excludes halogenated alkanes) is 1. The molecule has 2 fully saturated rings. The summed E-state index contributed by atoms with van der Waals surface area (Å²) in [5.41, 5.74) is 5.47. The number of carbonyl (C=O) groups excluding carboxylic acids is 5. The second-order valence-electron chi connectivity index (χ2n) is 22.3. The summed E-state index contributed by atoms with van der Waals surface area (Å²) in [4.78, 5) is 97.7. The van der Waals surface area contributed by atoms with Gasteiger partial charge in [-0.05, 0) is 76.2 Å². The number of hydrogen-bond acceptors (Lipinski definition) is 20. The Balaban J connectivity index is 2.27. The quantitative estimate of drug-likeness (QED) is 0.0308. The number of ether oxygens (including phenoxy) is 4. The Bertz CT molecular complexity index is 2050. The van der Waals surface area contributed by atoms with Crippen molar-refractivity contribution in [3.05, 3.63) is 0 Å². The first-order chi connectivity index (χ1) is 38.4. The Morgan fingerprint density at radius 1 is 0.634 bits per heavy atom. The minimum atomic E-state index is -5.80. The Labute approximate surface area is 482 Å². The van der Waals surface area contributed by atoms with Crippen LogP contribution in [-0.4, -0.2) is 183 Å². The SMILES string of the molecule is CC(=O)N[C@H]1[C@H](OC2[C@@H](CO)O[C@H](OP(=O)(O)OP(=O)(O)OCCC(C)CCCC(C)CCCC(C)CCCC(C)C)[C@H](NC(C)=O)[C@H]2O[C@H](C)C(=O)N[C@@H](C)C(=O)NCCCC(=O)N[C@@H](CCCCN)C(=O)O)O[C@H](CO)[C@@H](O)[C@@H]1O. The maximum Gasteiger partial charge on any atom is 0.483 e. The Morgan fingerprint density at radius 3 is 1.72 bits per heavy atom. The zero-order valence-electron chi connectivity index (χ0n) is 49.2. The van der Waals surface area contributed by atoms with Crippen molar-refractivity contribution in [2.45, 2.75) is 238 Å². The smallest absolute Gasteiger partial charge is 0.480 e. The van der Waals surface area contributed by atoms with Gasteiger partial charge in [0.2, 0.25) is 29.5 Å². The van der Waals surface area contributed by atoms with Crippen molar-refractivity contribution in [2.24, 2.45) is 29.4 Å². The van der Waals surface area contributed by atoms with Crippen LogP contribution < -0.4 is 32.3 Å². The molecule has 2 rings (SSSR count). The van der Waals surface area contributed by atoms with Crippen LogP contribution in [0.25, 0.3) is 0 Å². The lowest BCUT2D eigenvalue weighted by atomic mass is 9.91. The fourth-order valence-electron chi connectivity index (χ4n) is 9.53. The summed E-state index contributed by atoms with van der Waals surface area (Å²) in [6.45, 7) is 13.5. The van der Waals surface area contributed by atoms with Crippen LogP contribution in [0.3, 0.4) is 0 Å². The molecular formula is C52H98N6O22P2. The maximum absolute atomic E-state index is 13.8. The summed E-state index contributed by atoms with van der Waals surface area (Å²) in [5.74, 6) is -3.15. The molecule has 2 heterocycles. The molecule has 2 aliphatic rings. The molecule has 0 aromatic carbocycles. The van der Waals surface area contributed by atoms with Crippen LogP contribution in [-0.2, 0) is 70.2 Å². The Hall–Kier alpha value is -3.28. The zero-order valence-corrected chi connectivity index (χ0v) is 51.0. The van der Waals surface area contributed by atoms with Gasteiger partial charge in [-0.15, -0.1) is 0 Å². The highest BCUT2D eigenvalue weighted by Gasteiger charge is 2.55. The number of carbonyl (C=O) groups is 6. The van der Waals surface area contributed by atoms with Crippen LogP contribution in [0, 0.1) is 23.7 Å². The molecular weight excluding hydrogens is 1120 g/mol. The van der Waals surface area contributed by atoms with Crippen LogP contribution in [0.1, 0.15) is 159 Å². The number of aliphatic hydroxyl groups excluding tert-OH is 4. The molecule has 2 aliphatic heterocycles. The van der Waals surface area contributed by atoms with E-state index in [1.54, 1.807) is 0 Å². The van der Waals surface area contributed by atoms with Gasteiger partial charge >= 0.3 is 21.6 Å². The number of carboxylic acid groups (broad SMARTS) is 1. The van der Waals surface area contributed by atoms with E-state index in [0.717, 1.165) is 39.5 Å². The number of phosphoric acid groups is 2. The highest BCUT2D eigenvalue weighted by molar-refractivity contribution is 7.61.